The Hall–Kier alpha value is -3.52. The minimum absolute atomic E-state index is 0.396. The van der Waals surface area contributed by atoms with E-state index in [0.717, 1.165) is 22.2 Å². The van der Waals surface area contributed by atoms with E-state index in [-0.39, 0.29) is 0 Å². The van der Waals surface area contributed by atoms with Gasteiger partial charge in [-0.1, -0.05) is 24.8 Å². The molecule has 3 aromatic rings. The number of imidazole rings is 1. The normalized spacial score (nSPS) is 11.2. The summed E-state index contributed by atoms with van der Waals surface area (Å²) in [7, 11) is 1.58. The van der Waals surface area contributed by atoms with Gasteiger partial charge in [-0.05, 0) is 48.4 Å². The highest BCUT2D eigenvalue weighted by Crippen LogP contribution is 2.30. The number of nitrogens with one attached hydrogen (secondary N) is 1. The number of hydrogen-bond acceptors (Lipinski definition) is 4. The number of methoxy groups -OCH3 is 1. The van der Waals surface area contributed by atoms with Crippen LogP contribution in [0.25, 0.3) is 22.7 Å². The van der Waals surface area contributed by atoms with Crippen LogP contribution in [0.5, 0.6) is 11.5 Å². The summed E-state index contributed by atoms with van der Waals surface area (Å²) in [4.78, 5) is 7.72. The first-order valence-corrected chi connectivity index (χ1v) is 8.15. The van der Waals surface area contributed by atoms with Gasteiger partial charge in [-0.25, -0.2) is 4.98 Å². The molecule has 0 aliphatic carbocycles. The Balaban J connectivity index is 1.97. The van der Waals surface area contributed by atoms with Gasteiger partial charge >= 0.3 is 0 Å². The van der Waals surface area contributed by atoms with E-state index in [1.54, 1.807) is 19.3 Å². The standard InChI is InChI=1S/C21H19N3O2/c1-4-9-26-19-8-6-15(12-20(19)25-3)11-16(13-22)21-23-17-7-5-14(2)10-18(17)24-21/h4-8,10-12H,1,9H2,2-3H3,(H,23,24). The fraction of sp³-hybridized carbons (Fsp3) is 0.143. The summed E-state index contributed by atoms with van der Waals surface area (Å²) in [6.07, 6.45) is 3.44. The number of nitrogens with zero attached hydrogens (tertiary/aromatic N) is 2. The quantitative estimate of drug-likeness (QED) is 0.527. The lowest BCUT2D eigenvalue weighted by Gasteiger charge is -2.09. The molecule has 1 aromatic heterocycles. The number of nitriles is 1. The number of aromatic amines is 1. The van der Waals surface area contributed by atoms with E-state index in [4.69, 9.17) is 9.47 Å². The van der Waals surface area contributed by atoms with E-state index in [1.807, 2.05) is 43.3 Å². The van der Waals surface area contributed by atoms with Crippen LogP contribution < -0.4 is 9.47 Å². The average Bonchev–Trinajstić information content (AvgIpc) is 3.07. The average molecular weight is 345 g/mol. The molecule has 5 heteroatoms. The minimum Gasteiger partial charge on any atom is -0.493 e. The van der Waals surface area contributed by atoms with Gasteiger partial charge in [0.05, 0.1) is 23.7 Å². The molecule has 0 bridgehead atoms. The summed E-state index contributed by atoms with van der Waals surface area (Å²) >= 11 is 0. The van der Waals surface area contributed by atoms with E-state index in [9.17, 15) is 5.26 Å². The van der Waals surface area contributed by atoms with Crippen molar-refractivity contribution in [2.24, 2.45) is 0 Å². The van der Waals surface area contributed by atoms with Crippen LogP contribution in [-0.2, 0) is 0 Å². The van der Waals surface area contributed by atoms with Crippen LogP contribution in [-0.4, -0.2) is 23.7 Å². The van der Waals surface area contributed by atoms with E-state index in [1.165, 1.54) is 0 Å². The van der Waals surface area contributed by atoms with Crippen LogP contribution in [0.4, 0.5) is 0 Å². The van der Waals surface area contributed by atoms with Gasteiger partial charge in [0, 0.05) is 0 Å². The summed E-state index contributed by atoms with van der Waals surface area (Å²) in [5.41, 5.74) is 4.14. The fourth-order valence-electron chi connectivity index (χ4n) is 2.61. The van der Waals surface area contributed by atoms with Crippen molar-refractivity contribution >= 4 is 22.7 Å². The molecule has 0 fully saturated rings. The second-order valence-electron chi connectivity index (χ2n) is 5.79. The van der Waals surface area contributed by atoms with Gasteiger partial charge in [0.1, 0.15) is 18.5 Å². The first kappa shape index (κ1) is 17.3. The Bertz CT molecular complexity index is 1030. The van der Waals surface area contributed by atoms with Crippen LogP contribution >= 0.6 is 0 Å². The van der Waals surface area contributed by atoms with Crippen LogP contribution in [0.3, 0.4) is 0 Å². The molecule has 0 saturated heterocycles. The van der Waals surface area contributed by atoms with Crippen molar-refractivity contribution in [3.63, 3.8) is 0 Å². The first-order valence-electron chi connectivity index (χ1n) is 8.15. The van der Waals surface area contributed by atoms with Gasteiger partial charge < -0.3 is 14.5 Å². The molecule has 5 nitrogen and oxygen atoms in total. The van der Waals surface area contributed by atoms with Gasteiger partial charge in [-0.15, -0.1) is 0 Å². The SMILES string of the molecule is C=CCOc1ccc(C=C(C#N)c2nc3ccc(C)cc3[nH]2)cc1OC. The van der Waals surface area contributed by atoms with E-state index >= 15 is 0 Å². The minimum atomic E-state index is 0.396. The van der Waals surface area contributed by atoms with Crippen molar-refractivity contribution in [1.82, 2.24) is 9.97 Å². The van der Waals surface area contributed by atoms with E-state index in [0.29, 0.717) is 29.5 Å². The lowest BCUT2D eigenvalue weighted by atomic mass is 10.1. The topological polar surface area (TPSA) is 70.9 Å². The van der Waals surface area contributed by atoms with Crippen molar-refractivity contribution < 1.29 is 9.47 Å². The fourth-order valence-corrected chi connectivity index (χ4v) is 2.61. The van der Waals surface area contributed by atoms with Crippen molar-refractivity contribution in [2.45, 2.75) is 6.92 Å². The molecule has 0 aliphatic heterocycles. The second-order valence-corrected chi connectivity index (χ2v) is 5.79. The number of aromatic nitrogens is 2. The van der Waals surface area contributed by atoms with Crippen molar-refractivity contribution in [2.75, 3.05) is 13.7 Å². The Morgan fingerprint density at radius 2 is 2.12 bits per heavy atom. The molecule has 2 aromatic carbocycles. The monoisotopic (exact) mass is 345 g/mol. The Kier molecular flexibility index (Phi) is 5.04. The molecule has 1 heterocycles. The first-order chi connectivity index (χ1) is 12.6. The van der Waals surface area contributed by atoms with Gasteiger partial charge in [0.15, 0.2) is 11.5 Å². The summed E-state index contributed by atoms with van der Waals surface area (Å²) in [5, 5.41) is 9.57. The molecule has 0 spiro atoms. The number of hydrogen-bond donors (Lipinski definition) is 1. The Labute approximate surface area is 152 Å². The zero-order chi connectivity index (χ0) is 18.5. The Morgan fingerprint density at radius 1 is 1.27 bits per heavy atom. The molecule has 0 radical (unpaired) electrons. The lowest BCUT2D eigenvalue weighted by molar-refractivity contribution is 0.326. The number of benzene rings is 2. The zero-order valence-electron chi connectivity index (χ0n) is 14.7. The van der Waals surface area contributed by atoms with Crippen molar-refractivity contribution in [1.29, 1.82) is 5.26 Å². The maximum atomic E-state index is 9.57. The molecular weight excluding hydrogens is 326 g/mol. The zero-order valence-corrected chi connectivity index (χ0v) is 14.7. The molecule has 0 aliphatic rings. The van der Waals surface area contributed by atoms with Crippen LogP contribution in [0, 0.1) is 18.3 Å². The van der Waals surface area contributed by atoms with Crippen molar-refractivity contribution in [3.8, 4) is 17.6 Å². The highest BCUT2D eigenvalue weighted by molar-refractivity contribution is 5.90. The maximum Gasteiger partial charge on any atom is 0.161 e. The molecule has 26 heavy (non-hydrogen) atoms. The molecule has 130 valence electrons. The highest BCUT2D eigenvalue weighted by atomic mass is 16.5. The number of allylic oxidation sites excluding steroid dienone is 1. The number of rotatable bonds is 6. The molecule has 3 rings (SSSR count). The maximum absolute atomic E-state index is 9.57. The van der Waals surface area contributed by atoms with Gasteiger partial charge in [0.2, 0.25) is 0 Å². The van der Waals surface area contributed by atoms with Crippen molar-refractivity contribution in [3.05, 3.63) is 66.0 Å². The van der Waals surface area contributed by atoms with E-state index < -0.39 is 0 Å². The number of fused-ring (bicyclic) bond motifs is 1. The van der Waals surface area contributed by atoms with Crippen LogP contribution in [0.15, 0.2) is 49.1 Å². The van der Waals surface area contributed by atoms with Gasteiger partial charge in [-0.3, -0.25) is 0 Å². The highest BCUT2D eigenvalue weighted by Gasteiger charge is 2.10. The predicted molar refractivity (Wildman–Crippen MR) is 103 cm³/mol. The summed E-state index contributed by atoms with van der Waals surface area (Å²) in [5.74, 6) is 1.76. The summed E-state index contributed by atoms with van der Waals surface area (Å²) in [6, 6.07) is 13.7. The smallest absolute Gasteiger partial charge is 0.161 e. The molecule has 0 saturated carbocycles. The lowest BCUT2D eigenvalue weighted by Crippen LogP contribution is -1.96. The number of ether oxygens (including phenoxy) is 2. The van der Waals surface area contributed by atoms with Gasteiger partial charge in [0.25, 0.3) is 0 Å². The third-order valence-corrected chi connectivity index (χ3v) is 3.87. The molecular formula is C21H19N3O2. The molecule has 0 unspecified atom stereocenters. The largest absolute Gasteiger partial charge is 0.493 e. The number of aryl methyl sites for hydroxylation is 1. The van der Waals surface area contributed by atoms with E-state index in [2.05, 4.69) is 22.6 Å². The predicted octanol–water partition coefficient (Wildman–Crippen LogP) is 4.51. The number of H-pyrrole nitrogens is 1. The second kappa shape index (κ2) is 7.58. The molecule has 1 N–H and O–H groups in total. The third-order valence-electron chi connectivity index (χ3n) is 3.87. The summed E-state index contributed by atoms with van der Waals surface area (Å²) in [6.45, 7) is 6.05. The van der Waals surface area contributed by atoms with Gasteiger partial charge in [-0.2, -0.15) is 5.26 Å². The third kappa shape index (κ3) is 3.60. The molecule has 0 amide bonds. The van der Waals surface area contributed by atoms with Crippen LogP contribution in [0.1, 0.15) is 17.0 Å². The molecule has 0 atom stereocenters. The van der Waals surface area contributed by atoms with Crippen LogP contribution in [0.2, 0.25) is 0 Å². The Morgan fingerprint density at radius 3 is 2.85 bits per heavy atom. The summed E-state index contributed by atoms with van der Waals surface area (Å²) < 4.78 is 10.9.